The number of nitrogens with one attached hydrogen (secondary N) is 1. The summed E-state index contributed by atoms with van der Waals surface area (Å²) in [6, 6.07) is 22.7. The van der Waals surface area contributed by atoms with Crippen molar-refractivity contribution in [3.05, 3.63) is 94.3 Å². The zero-order valence-electron chi connectivity index (χ0n) is 17.5. The standard InChI is InChI=1S/C25H23N3O2S/c1-17-12-13-21(18(2)16-17)26-23(29)14-15-31-25-27-22-11-7-6-10-20(22)24(30)28(25)19-8-4-3-5-9-19/h3-13,16H,14-15H2,1-2H3,(H,26,29). The molecule has 0 unspecified atom stereocenters. The molecule has 3 aromatic carbocycles. The molecule has 1 heterocycles. The van der Waals surface area contributed by atoms with Crippen LogP contribution in [0.15, 0.2) is 82.7 Å². The predicted octanol–water partition coefficient (Wildman–Crippen LogP) is 5.12. The number of carbonyl (C=O) groups excluding carboxylic acids is 1. The number of para-hydroxylation sites is 2. The molecule has 1 aromatic heterocycles. The molecule has 5 nitrogen and oxygen atoms in total. The van der Waals surface area contributed by atoms with E-state index >= 15 is 0 Å². The number of aryl methyl sites for hydroxylation is 2. The summed E-state index contributed by atoms with van der Waals surface area (Å²) in [5.41, 5.74) is 4.32. The second kappa shape index (κ2) is 9.18. The van der Waals surface area contributed by atoms with Crippen LogP contribution in [-0.2, 0) is 4.79 Å². The first kappa shape index (κ1) is 20.9. The average Bonchev–Trinajstić information content (AvgIpc) is 2.76. The second-order valence-corrected chi connectivity index (χ2v) is 8.41. The summed E-state index contributed by atoms with van der Waals surface area (Å²) in [6.07, 6.45) is 0.315. The molecular weight excluding hydrogens is 406 g/mol. The highest BCUT2D eigenvalue weighted by Gasteiger charge is 2.14. The van der Waals surface area contributed by atoms with Gasteiger partial charge in [0.2, 0.25) is 5.91 Å². The Bertz CT molecular complexity index is 1300. The van der Waals surface area contributed by atoms with Gasteiger partial charge in [0, 0.05) is 17.9 Å². The number of carbonyl (C=O) groups is 1. The highest BCUT2D eigenvalue weighted by atomic mass is 32.2. The Morgan fingerprint density at radius 2 is 1.74 bits per heavy atom. The monoisotopic (exact) mass is 429 g/mol. The fourth-order valence-corrected chi connectivity index (χ4v) is 4.37. The Kier molecular flexibility index (Phi) is 6.18. The molecule has 0 radical (unpaired) electrons. The minimum absolute atomic E-state index is 0.0612. The quantitative estimate of drug-likeness (QED) is 0.341. The molecule has 0 fully saturated rings. The number of anilines is 1. The van der Waals surface area contributed by atoms with Crippen LogP contribution < -0.4 is 10.9 Å². The third-order valence-electron chi connectivity index (χ3n) is 4.98. The Morgan fingerprint density at radius 1 is 1.00 bits per heavy atom. The van der Waals surface area contributed by atoms with E-state index < -0.39 is 0 Å². The van der Waals surface area contributed by atoms with Crippen molar-refractivity contribution in [2.45, 2.75) is 25.4 Å². The molecule has 4 aromatic rings. The molecule has 156 valence electrons. The molecule has 1 N–H and O–H groups in total. The van der Waals surface area contributed by atoms with Crippen LogP contribution in [0.2, 0.25) is 0 Å². The van der Waals surface area contributed by atoms with E-state index in [1.807, 2.05) is 80.6 Å². The molecule has 0 aliphatic carbocycles. The van der Waals surface area contributed by atoms with E-state index in [9.17, 15) is 9.59 Å². The normalized spacial score (nSPS) is 10.9. The topological polar surface area (TPSA) is 64.0 Å². The lowest BCUT2D eigenvalue weighted by molar-refractivity contribution is -0.115. The third-order valence-corrected chi connectivity index (χ3v) is 5.92. The minimum atomic E-state index is -0.112. The first-order valence-corrected chi connectivity index (χ1v) is 11.1. The van der Waals surface area contributed by atoms with Crippen LogP contribution in [0.1, 0.15) is 17.5 Å². The number of nitrogens with zero attached hydrogens (tertiary/aromatic N) is 2. The lowest BCUT2D eigenvalue weighted by atomic mass is 10.1. The first-order valence-electron chi connectivity index (χ1n) is 10.1. The number of hydrogen-bond donors (Lipinski definition) is 1. The maximum Gasteiger partial charge on any atom is 0.266 e. The van der Waals surface area contributed by atoms with Crippen molar-refractivity contribution in [1.82, 2.24) is 9.55 Å². The van der Waals surface area contributed by atoms with Gasteiger partial charge in [0.05, 0.1) is 16.6 Å². The van der Waals surface area contributed by atoms with E-state index in [-0.39, 0.29) is 11.5 Å². The predicted molar refractivity (Wildman–Crippen MR) is 127 cm³/mol. The Labute approximate surface area is 185 Å². The molecule has 0 spiro atoms. The van der Waals surface area contributed by atoms with Gasteiger partial charge in [0.1, 0.15) is 0 Å². The fourth-order valence-electron chi connectivity index (χ4n) is 3.42. The summed E-state index contributed by atoms with van der Waals surface area (Å²) in [5, 5.41) is 4.12. The van der Waals surface area contributed by atoms with Crippen molar-refractivity contribution in [3.63, 3.8) is 0 Å². The van der Waals surface area contributed by atoms with Crippen molar-refractivity contribution in [2.75, 3.05) is 11.1 Å². The van der Waals surface area contributed by atoms with Gasteiger partial charge >= 0.3 is 0 Å². The van der Waals surface area contributed by atoms with Crippen LogP contribution in [0.5, 0.6) is 0 Å². The summed E-state index contributed by atoms with van der Waals surface area (Å²) in [6.45, 7) is 4.01. The van der Waals surface area contributed by atoms with Gasteiger partial charge in [-0.2, -0.15) is 0 Å². The fraction of sp³-hybridized carbons (Fsp3) is 0.160. The van der Waals surface area contributed by atoms with E-state index in [0.717, 1.165) is 22.5 Å². The highest BCUT2D eigenvalue weighted by Crippen LogP contribution is 2.22. The molecule has 4 rings (SSSR count). The molecule has 31 heavy (non-hydrogen) atoms. The zero-order chi connectivity index (χ0) is 21.8. The molecule has 0 aliphatic rings. The number of fused-ring (bicyclic) bond motifs is 1. The van der Waals surface area contributed by atoms with E-state index in [1.54, 1.807) is 10.6 Å². The van der Waals surface area contributed by atoms with Gasteiger partial charge < -0.3 is 5.32 Å². The number of aromatic nitrogens is 2. The highest BCUT2D eigenvalue weighted by molar-refractivity contribution is 7.99. The lowest BCUT2D eigenvalue weighted by Crippen LogP contribution is -2.22. The van der Waals surface area contributed by atoms with Crippen molar-refractivity contribution >= 4 is 34.3 Å². The van der Waals surface area contributed by atoms with Crippen LogP contribution in [0.3, 0.4) is 0 Å². The van der Waals surface area contributed by atoms with Gasteiger partial charge in [-0.15, -0.1) is 0 Å². The summed E-state index contributed by atoms with van der Waals surface area (Å²) < 4.78 is 1.62. The largest absolute Gasteiger partial charge is 0.326 e. The zero-order valence-corrected chi connectivity index (χ0v) is 18.3. The number of benzene rings is 3. The SMILES string of the molecule is Cc1ccc(NC(=O)CCSc2nc3ccccc3c(=O)n2-c2ccccc2)c(C)c1. The molecule has 6 heteroatoms. The molecular formula is C25H23N3O2S. The van der Waals surface area contributed by atoms with Crippen LogP contribution in [0.4, 0.5) is 5.69 Å². The van der Waals surface area contributed by atoms with Gasteiger partial charge in [-0.1, -0.05) is 59.8 Å². The number of thioether (sulfide) groups is 1. The van der Waals surface area contributed by atoms with Gasteiger partial charge in [0.25, 0.3) is 5.56 Å². The summed E-state index contributed by atoms with van der Waals surface area (Å²) >= 11 is 1.41. The van der Waals surface area contributed by atoms with Gasteiger partial charge in [0.15, 0.2) is 5.16 Å². The van der Waals surface area contributed by atoms with Crippen LogP contribution in [0, 0.1) is 13.8 Å². The molecule has 0 saturated carbocycles. The van der Waals surface area contributed by atoms with Gasteiger partial charge in [-0.3, -0.25) is 14.2 Å². The Hall–Kier alpha value is -3.38. The molecule has 1 amide bonds. The molecule has 0 bridgehead atoms. The number of hydrogen-bond acceptors (Lipinski definition) is 4. The Balaban J connectivity index is 1.55. The van der Waals surface area contributed by atoms with E-state index in [1.165, 1.54) is 11.8 Å². The number of rotatable bonds is 6. The summed E-state index contributed by atoms with van der Waals surface area (Å²) in [4.78, 5) is 30.4. The van der Waals surface area contributed by atoms with Gasteiger partial charge in [-0.25, -0.2) is 4.98 Å². The van der Waals surface area contributed by atoms with Crippen LogP contribution in [-0.4, -0.2) is 21.2 Å². The smallest absolute Gasteiger partial charge is 0.266 e. The van der Waals surface area contributed by atoms with E-state index in [0.29, 0.717) is 28.2 Å². The maximum absolute atomic E-state index is 13.2. The van der Waals surface area contributed by atoms with Crippen LogP contribution in [0.25, 0.3) is 16.6 Å². The van der Waals surface area contributed by atoms with Crippen molar-refractivity contribution in [3.8, 4) is 5.69 Å². The van der Waals surface area contributed by atoms with Crippen molar-refractivity contribution in [1.29, 1.82) is 0 Å². The van der Waals surface area contributed by atoms with Crippen molar-refractivity contribution in [2.24, 2.45) is 0 Å². The van der Waals surface area contributed by atoms with Crippen LogP contribution >= 0.6 is 11.8 Å². The Morgan fingerprint density at radius 3 is 2.52 bits per heavy atom. The number of amides is 1. The second-order valence-electron chi connectivity index (χ2n) is 7.35. The van der Waals surface area contributed by atoms with Gasteiger partial charge in [-0.05, 0) is 49.7 Å². The van der Waals surface area contributed by atoms with E-state index in [4.69, 9.17) is 4.98 Å². The third kappa shape index (κ3) is 4.70. The lowest BCUT2D eigenvalue weighted by Gasteiger charge is -2.13. The first-order chi connectivity index (χ1) is 15.0. The molecule has 0 aliphatic heterocycles. The van der Waals surface area contributed by atoms with Crippen molar-refractivity contribution < 1.29 is 4.79 Å². The summed E-state index contributed by atoms with van der Waals surface area (Å²) in [5.74, 6) is 0.447. The average molecular weight is 430 g/mol. The minimum Gasteiger partial charge on any atom is -0.326 e. The molecule has 0 atom stereocenters. The van der Waals surface area contributed by atoms with E-state index in [2.05, 4.69) is 5.32 Å². The summed E-state index contributed by atoms with van der Waals surface area (Å²) in [7, 11) is 0. The molecule has 0 saturated heterocycles. The maximum atomic E-state index is 13.2.